The van der Waals surface area contributed by atoms with E-state index in [0.29, 0.717) is 6.04 Å². The Hall–Kier alpha value is -0.610. The largest absolute Gasteiger partial charge is 0.469 e. The monoisotopic (exact) mass is 255 g/mol. The zero-order chi connectivity index (χ0) is 12.8. The highest BCUT2D eigenvalue weighted by Crippen LogP contribution is 2.29. The molecule has 104 valence electrons. The number of carbonyl (C=O) groups is 1. The zero-order valence-corrected chi connectivity index (χ0v) is 11.3. The molecular weight excluding hydrogens is 230 g/mol. The van der Waals surface area contributed by atoms with Crippen LogP contribution in [-0.2, 0) is 14.3 Å². The Morgan fingerprint density at radius 1 is 1.17 bits per heavy atom. The molecule has 4 nitrogen and oxygen atoms in total. The van der Waals surface area contributed by atoms with Crippen molar-refractivity contribution in [2.75, 3.05) is 26.9 Å². The summed E-state index contributed by atoms with van der Waals surface area (Å²) in [4.78, 5) is 11.4. The van der Waals surface area contributed by atoms with Crippen LogP contribution in [0.15, 0.2) is 0 Å². The van der Waals surface area contributed by atoms with Gasteiger partial charge in [0.15, 0.2) is 0 Å². The number of hydrogen-bond donors (Lipinski definition) is 1. The summed E-state index contributed by atoms with van der Waals surface area (Å²) in [6.45, 7) is 2.89. The van der Waals surface area contributed by atoms with Crippen LogP contribution < -0.4 is 5.32 Å². The number of hydrogen-bond acceptors (Lipinski definition) is 4. The summed E-state index contributed by atoms with van der Waals surface area (Å²) in [6.07, 6.45) is 6.56. The van der Waals surface area contributed by atoms with E-state index in [1.807, 2.05) is 0 Å². The SMILES string of the molecule is COC(=O)C1CCC(CNC2CCOCC2)CC1. The lowest BCUT2D eigenvalue weighted by molar-refractivity contribution is -0.146. The number of carbonyl (C=O) groups excluding carboxylic acids is 1. The fourth-order valence-electron chi connectivity index (χ4n) is 3.00. The Balaban J connectivity index is 1.62. The van der Waals surface area contributed by atoms with Crippen molar-refractivity contribution in [2.24, 2.45) is 11.8 Å². The van der Waals surface area contributed by atoms with Crippen LogP contribution in [0.4, 0.5) is 0 Å². The van der Waals surface area contributed by atoms with Crippen molar-refractivity contribution < 1.29 is 14.3 Å². The van der Waals surface area contributed by atoms with Crippen LogP contribution in [0, 0.1) is 11.8 Å². The van der Waals surface area contributed by atoms with Crippen LogP contribution >= 0.6 is 0 Å². The second-order valence-electron chi connectivity index (χ2n) is 5.54. The molecular formula is C14H25NO3. The highest BCUT2D eigenvalue weighted by molar-refractivity contribution is 5.72. The molecule has 4 heteroatoms. The fourth-order valence-corrected chi connectivity index (χ4v) is 3.00. The normalized spacial score (nSPS) is 30.1. The van der Waals surface area contributed by atoms with Crippen LogP contribution in [-0.4, -0.2) is 38.9 Å². The van der Waals surface area contributed by atoms with Crippen LogP contribution in [0.1, 0.15) is 38.5 Å². The van der Waals surface area contributed by atoms with Gasteiger partial charge in [0, 0.05) is 19.3 Å². The van der Waals surface area contributed by atoms with E-state index in [1.165, 1.54) is 7.11 Å². The van der Waals surface area contributed by atoms with Gasteiger partial charge in [0.05, 0.1) is 13.0 Å². The maximum atomic E-state index is 11.4. The average Bonchev–Trinajstić information content (AvgIpc) is 2.46. The minimum atomic E-state index is -0.0224. The molecule has 2 rings (SSSR count). The first-order valence-corrected chi connectivity index (χ1v) is 7.18. The maximum Gasteiger partial charge on any atom is 0.308 e. The van der Waals surface area contributed by atoms with E-state index >= 15 is 0 Å². The molecule has 2 aliphatic rings. The van der Waals surface area contributed by atoms with Gasteiger partial charge in [-0.05, 0) is 51.0 Å². The van der Waals surface area contributed by atoms with Gasteiger partial charge in [0.2, 0.25) is 0 Å². The van der Waals surface area contributed by atoms with Crippen molar-refractivity contribution in [1.82, 2.24) is 5.32 Å². The van der Waals surface area contributed by atoms with E-state index in [1.54, 1.807) is 0 Å². The molecule has 0 bridgehead atoms. The third-order valence-corrected chi connectivity index (χ3v) is 4.30. The summed E-state index contributed by atoms with van der Waals surface area (Å²) in [5.74, 6) is 0.855. The van der Waals surface area contributed by atoms with Crippen LogP contribution in [0.25, 0.3) is 0 Å². The number of rotatable bonds is 4. The first-order chi connectivity index (χ1) is 8.79. The lowest BCUT2D eigenvalue weighted by Gasteiger charge is -2.30. The van der Waals surface area contributed by atoms with E-state index in [-0.39, 0.29) is 11.9 Å². The number of ether oxygens (including phenoxy) is 2. The Kier molecular flexibility index (Phi) is 5.45. The Morgan fingerprint density at radius 3 is 2.44 bits per heavy atom. The Labute approximate surface area is 109 Å². The molecule has 2 fully saturated rings. The van der Waals surface area contributed by atoms with Crippen molar-refractivity contribution in [3.05, 3.63) is 0 Å². The van der Waals surface area contributed by atoms with Crippen LogP contribution in [0.3, 0.4) is 0 Å². The lowest BCUT2D eigenvalue weighted by Crippen LogP contribution is -2.38. The van der Waals surface area contributed by atoms with Gasteiger partial charge < -0.3 is 14.8 Å². The van der Waals surface area contributed by atoms with Gasteiger partial charge in [-0.3, -0.25) is 4.79 Å². The molecule has 0 aromatic carbocycles. The van der Waals surface area contributed by atoms with Gasteiger partial charge in [-0.1, -0.05) is 0 Å². The molecule has 1 saturated carbocycles. The second kappa shape index (κ2) is 7.10. The minimum absolute atomic E-state index is 0.0224. The molecule has 0 spiro atoms. The standard InChI is InChI=1S/C14H25NO3/c1-17-14(16)12-4-2-11(3-5-12)10-15-13-6-8-18-9-7-13/h11-13,15H,2-10H2,1H3. The summed E-state index contributed by atoms with van der Waals surface area (Å²) in [5.41, 5.74) is 0. The van der Waals surface area contributed by atoms with Gasteiger partial charge in [-0.2, -0.15) is 0 Å². The third-order valence-electron chi connectivity index (χ3n) is 4.30. The highest BCUT2D eigenvalue weighted by atomic mass is 16.5. The van der Waals surface area contributed by atoms with E-state index in [0.717, 1.165) is 64.2 Å². The van der Waals surface area contributed by atoms with E-state index in [9.17, 15) is 4.79 Å². The first kappa shape index (κ1) is 13.8. The van der Waals surface area contributed by atoms with Gasteiger partial charge in [0.25, 0.3) is 0 Å². The smallest absolute Gasteiger partial charge is 0.308 e. The summed E-state index contributed by atoms with van der Waals surface area (Å²) in [5, 5.41) is 3.65. The molecule has 1 saturated heterocycles. The number of esters is 1. The molecule has 0 radical (unpaired) electrons. The van der Waals surface area contributed by atoms with Crippen molar-refractivity contribution in [2.45, 2.75) is 44.6 Å². The average molecular weight is 255 g/mol. The van der Waals surface area contributed by atoms with Crippen molar-refractivity contribution >= 4 is 5.97 Å². The topological polar surface area (TPSA) is 47.6 Å². The Morgan fingerprint density at radius 2 is 1.83 bits per heavy atom. The van der Waals surface area contributed by atoms with Crippen LogP contribution in [0.2, 0.25) is 0 Å². The minimum Gasteiger partial charge on any atom is -0.469 e. The predicted molar refractivity (Wildman–Crippen MR) is 69.3 cm³/mol. The lowest BCUT2D eigenvalue weighted by atomic mass is 9.82. The molecule has 1 aliphatic carbocycles. The molecule has 0 atom stereocenters. The van der Waals surface area contributed by atoms with Crippen molar-refractivity contribution in [3.8, 4) is 0 Å². The summed E-state index contributed by atoms with van der Waals surface area (Å²) >= 11 is 0. The van der Waals surface area contributed by atoms with Gasteiger partial charge >= 0.3 is 5.97 Å². The highest BCUT2D eigenvalue weighted by Gasteiger charge is 2.27. The molecule has 0 aromatic heterocycles. The zero-order valence-electron chi connectivity index (χ0n) is 11.3. The molecule has 0 aromatic rings. The number of methoxy groups -OCH3 is 1. The Bertz CT molecular complexity index is 256. The first-order valence-electron chi connectivity index (χ1n) is 7.18. The van der Waals surface area contributed by atoms with Gasteiger partial charge in [-0.15, -0.1) is 0 Å². The summed E-state index contributed by atoms with van der Waals surface area (Å²) in [6, 6.07) is 0.636. The fraction of sp³-hybridized carbons (Fsp3) is 0.929. The van der Waals surface area contributed by atoms with E-state index in [4.69, 9.17) is 9.47 Å². The van der Waals surface area contributed by atoms with Crippen molar-refractivity contribution in [1.29, 1.82) is 0 Å². The molecule has 0 amide bonds. The van der Waals surface area contributed by atoms with E-state index < -0.39 is 0 Å². The quantitative estimate of drug-likeness (QED) is 0.777. The van der Waals surface area contributed by atoms with E-state index in [2.05, 4.69) is 5.32 Å². The molecule has 1 aliphatic heterocycles. The maximum absolute atomic E-state index is 11.4. The summed E-state index contributed by atoms with van der Waals surface area (Å²) in [7, 11) is 1.49. The molecule has 18 heavy (non-hydrogen) atoms. The molecule has 1 heterocycles. The second-order valence-corrected chi connectivity index (χ2v) is 5.54. The number of nitrogens with one attached hydrogen (secondary N) is 1. The van der Waals surface area contributed by atoms with Crippen LogP contribution in [0.5, 0.6) is 0 Å². The van der Waals surface area contributed by atoms with Gasteiger partial charge in [-0.25, -0.2) is 0 Å². The summed E-state index contributed by atoms with van der Waals surface area (Å²) < 4.78 is 10.2. The third kappa shape index (κ3) is 3.95. The van der Waals surface area contributed by atoms with Gasteiger partial charge in [0.1, 0.15) is 0 Å². The molecule has 1 N–H and O–H groups in total. The predicted octanol–water partition coefficient (Wildman–Crippen LogP) is 1.73. The van der Waals surface area contributed by atoms with Crippen molar-refractivity contribution in [3.63, 3.8) is 0 Å². The molecule has 0 unspecified atom stereocenters.